The Morgan fingerprint density at radius 2 is 1.78 bits per heavy atom. The Morgan fingerprint density at radius 1 is 1.00 bits per heavy atom. The van der Waals surface area contributed by atoms with Crippen molar-refractivity contribution < 1.29 is 18.9 Å². The number of ether oxygens (including phenoxy) is 4. The van der Waals surface area contributed by atoms with Crippen molar-refractivity contribution in [1.82, 2.24) is 4.98 Å². The molecule has 5 rings (SSSR count). The standard InChI is InChI=1S/C22H23NO4/c1-22(2)26-20-19(24-13-14-8-4-3-5-9-14)18(25-21(20)27-22)17-12-15-10-6-7-11-16(15)23-17/h3-12,18-21,23H,13H2,1-2H3/t18-,19+,20-,21-/m1/s1. The van der Waals surface area contributed by atoms with Crippen molar-refractivity contribution >= 4 is 10.9 Å². The van der Waals surface area contributed by atoms with Crippen LogP contribution in [-0.4, -0.2) is 29.3 Å². The van der Waals surface area contributed by atoms with Crippen LogP contribution in [0.3, 0.4) is 0 Å². The van der Waals surface area contributed by atoms with Crippen LogP contribution in [0.4, 0.5) is 0 Å². The largest absolute Gasteiger partial charge is 0.367 e. The average Bonchev–Trinajstić information content (AvgIpc) is 3.30. The number of hydrogen-bond donors (Lipinski definition) is 1. The average molecular weight is 365 g/mol. The molecule has 2 saturated heterocycles. The highest BCUT2D eigenvalue weighted by atomic mass is 16.8. The van der Waals surface area contributed by atoms with Gasteiger partial charge in [0.05, 0.1) is 6.61 Å². The Morgan fingerprint density at radius 3 is 2.59 bits per heavy atom. The summed E-state index contributed by atoms with van der Waals surface area (Å²) < 4.78 is 24.6. The number of H-pyrrole nitrogens is 1. The molecule has 4 atom stereocenters. The van der Waals surface area contributed by atoms with E-state index in [4.69, 9.17) is 18.9 Å². The van der Waals surface area contributed by atoms with Gasteiger partial charge in [-0.05, 0) is 36.9 Å². The highest BCUT2D eigenvalue weighted by molar-refractivity contribution is 5.80. The molecule has 2 aromatic carbocycles. The molecule has 1 aromatic heterocycles. The van der Waals surface area contributed by atoms with Gasteiger partial charge in [0.25, 0.3) is 0 Å². The Hall–Kier alpha value is -2.18. The molecule has 2 fully saturated rings. The second-order valence-corrected chi connectivity index (χ2v) is 7.60. The smallest absolute Gasteiger partial charge is 0.190 e. The van der Waals surface area contributed by atoms with E-state index >= 15 is 0 Å². The van der Waals surface area contributed by atoms with Crippen LogP contribution >= 0.6 is 0 Å². The summed E-state index contributed by atoms with van der Waals surface area (Å²) >= 11 is 0. The number of aromatic amines is 1. The van der Waals surface area contributed by atoms with Gasteiger partial charge >= 0.3 is 0 Å². The first-order chi connectivity index (χ1) is 13.1. The summed E-state index contributed by atoms with van der Waals surface area (Å²) in [5.74, 6) is -0.672. The van der Waals surface area contributed by atoms with Gasteiger partial charge in [0.15, 0.2) is 12.1 Å². The maximum atomic E-state index is 6.31. The maximum absolute atomic E-state index is 6.31. The Kier molecular flexibility index (Phi) is 4.06. The van der Waals surface area contributed by atoms with Crippen LogP contribution in [0, 0.1) is 0 Å². The van der Waals surface area contributed by atoms with E-state index in [0.29, 0.717) is 6.61 Å². The topological polar surface area (TPSA) is 52.7 Å². The van der Waals surface area contributed by atoms with Gasteiger partial charge in [0, 0.05) is 11.2 Å². The van der Waals surface area contributed by atoms with Crippen molar-refractivity contribution in [2.45, 2.75) is 50.8 Å². The lowest BCUT2D eigenvalue weighted by Gasteiger charge is -2.25. The lowest BCUT2D eigenvalue weighted by atomic mass is 10.1. The lowest BCUT2D eigenvalue weighted by molar-refractivity contribution is -0.220. The first-order valence-electron chi connectivity index (χ1n) is 9.33. The molecule has 0 aliphatic carbocycles. The van der Waals surface area contributed by atoms with Gasteiger partial charge in [0.1, 0.15) is 18.3 Å². The van der Waals surface area contributed by atoms with Gasteiger partial charge in [0.2, 0.25) is 0 Å². The third kappa shape index (κ3) is 3.17. The van der Waals surface area contributed by atoms with Crippen LogP contribution in [0.5, 0.6) is 0 Å². The second-order valence-electron chi connectivity index (χ2n) is 7.60. The van der Waals surface area contributed by atoms with Gasteiger partial charge in [-0.25, -0.2) is 0 Å². The molecule has 0 spiro atoms. The summed E-state index contributed by atoms with van der Waals surface area (Å²) in [6.45, 7) is 4.31. The molecule has 5 heteroatoms. The molecule has 5 nitrogen and oxygen atoms in total. The highest BCUT2D eigenvalue weighted by Crippen LogP contribution is 2.45. The molecule has 2 aliphatic rings. The number of rotatable bonds is 4. The molecule has 0 saturated carbocycles. The number of fused-ring (bicyclic) bond motifs is 2. The first-order valence-corrected chi connectivity index (χ1v) is 9.33. The predicted octanol–water partition coefficient (Wildman–Crippen LogP) is 4.30. The van der Waals surface area contributed by atoms with Crippen LogP contribution in [0.1, 0.15) is 31.2 Å². The van der Waals surface area contributed by atoms with E-state index in [2.05, 4.69) is 35.3 Å². The molecule has 0 bridgehead atoms. The van der Waals surface area contributed by atoms with Crippen molar-refractivity contribution in [2.24, 2.45) is 0 Å². The fourth-order valence-electron chi connectivity index (χ4n) is 3.93. The van der Waals surface area contributed by atoms with E-state index < -0.39 is 12.1 Å². The van der Waals surface area contributed by atoms with Crippen molar-refractivity contribution in [3.63, 3.8) is 0 Å². The third-order valence-electron chi connectivity index (χ3n) is 5.13. The Balaban J connectivity index is 1.44. The fourth-order valence-corrected chi connectivity index (χ4v) is 3.93. The van der Waals surface area contributed by atoms with E-state index in [-0.39, 0.29) is 18.3 Å². The summed E-state index contributed by atoms with van der Waals surface area (Å²) in [6, 6.07) is 20.5. The molecule has 140 valence electrons. The second kappa shape index (κ2) is 6.46. The number of aromatic nitrogens is 1. The molecular weight excluding hydrogens is 342 g/mol. The van der Waals surface area contributed by atoms with Gasteiger partial charge in [-0.3, -0.25) is 0 Å². The van der Waals surface area contributed by atoms with Crippen LogP contribution in [0.2, 0.25) is 0 Å². The maximum Gasteiger partial charge on any atom is 0.190 e. The van der Waals surface area contributed by atoms with Crippen LogP contribution in [0.25, 0.3) is 10.9 Å². The minimum atomic E-state index is -0.672. The van der Waals surface area contributed by atoms with E-state index in [1.54, 1.807) is 0 Å². The van der Waals surface area contributed by atoms with Gasteiger partial charge in [-0.2, -0.15) is 0 Å². The minimum absolute atomic E-state index is 0.259. The molecule has 3 aromatic rings. The predicted molar refractivity (Wildman–Crippen MR) is 101 cm³/mol. The molecular formula is C22H23NO4. The first kappa shape index (κ1) is 17.0. The van der Waals surface area contributed by atoms with E-state index in [0.717, 1.165) is 22.2 Å². The zero-order chi connectivity index (χ0) is 18.4. The number of benzene rings is 2. The van der Waals surface area contributed by atoms with Crippen molar-refractivity contribution in [3.05, 3.63) is 71.9 Å². The van der Waals surface area contributed by atoms with E-state index in [1.807, 2.05) is 44.2 Å². The summed E-state index contributed by atoms with van der Waals surface area (Å²) in [6.07, 6.45) is -1.23. The highest BCUT2D eigenvalue weighted by Gasteiger charge is 2.56. The molecule has 0 unspecified atom stereocenters. The minimum Gasteiger partial charge on any atom is -0.367 e. The zero-order valence-corrected chi connectivity index (χ0v) is 15.4. The lowest BCUT2D eigenvalue weighted by Crippen LogP contribution is -2.33. The monoisotopic (exact) mass is 365 g/mol. The fraction of sp³-hybridized carbons (Fsp3) is 0.364. The zero-order valence-electron chi connectivity index (χ0n) is 15.4. The molecule has 27 heavy (non-hydrogen) atoms. The molecule has 2 aliphatic heterocycles. The Bertz CT molecular complexity index is 903. The van der Waals surface area contributed by atoms with Gasteiger partial charge in [-0.15, -0.1) is 0 Å². The number of para-hydroxylation sites is 1. The van der Waals surface area contributed by atoms with E-state index in [9.17, 15) is 0 Å². The van der Waals surface area contributed by atoms with Crippen molar-refractivity contribution in [1.29, 1.82) is 0 Å². The summed E-state index contributed by atoms with van der Waals surface area (Å²) in [5, 5.41) is 1.15. The third-order valence-corrected chi connectivity index (χ3v) is 5.13. The van der Waals surface area contributed by atoms with Gasteiger partial charge in [-0.1, -0.05) is 48.5 Å². The van der Waals surface area contributed by atoms with Crippen LogP contribution in [-0.2, 0) is 25.6 Å². The summed E-state index contributed by atoms with van der Waals surface area (Å²) in [7, 11) is 0. The SMILES string of the molecule is CC1(C)O[C@H]2O[C@H](c3cc4ccccc4[nH]3)[C@H](OCc3ccccc3)[C@H]2O1. The number of nitrogens with one attached hydrogen (secondary N) is 1. The molecule has 0 radical (unpaired) electrons. The summed E-state index contributed by atoms with van der Waals surface area (Å²) in [5.41, 5.74) is 3.18. The quantitative estimate of drug-likeness (QED) is 0.749. The van der Waals surface area contributed by atoms with Crippen LogP contribution in [0.15, 0.2) is 60.7 Å². The van der Waals surface area contributed by atoms with Crippen LogP contribution < -0.4 is 0 Å². The molecule has 1 N–H and O–H groups in total. The normalized spacial score (nSPS) is 29.3. The molecule has 3 heterocycles. The summed E-state index contributed by atoms with van der Waals surface area (Å²) in [4.78, 5) is 3.46. The van der Waals surface area contributed by atoms with Crippen molar-refractivity contribution in [3.8, 4) is 0 Å². The molecule has 0 amide bonds. The van der Waals surface area contributed by atoms with Crippen molar-refractivity contribution in [2.75, 3.05) is 0 Å². The Labute approximate surface area is 158 Å². The van der Waals surface area contributed by atoms with E-state index in [1.165, 1.54) is 0 Å². The van der Waals surface area contributed by atoms with Gasteiger partial charge < -0.3 is 23.9 Å². The number of hydrogen-bond acceptors (Lipinski definition) is 4.